The molecule has 1 saturated carbocycles. The van der Waals surface area contributed by atoms with Crippen molar-refractivity contribution in [2.45, 2.75) is 44.9 Å². The van der Waals surface area contributed by atoms with Crippen LogP contribution in [0.25, 0.3) is 0 Å². The Balaban J connectivity index is 1.58. The summed E-state index contributed by atoms with van der Waals surface area (Å²) < 4.78 is 0. The fourth-order valence-corrected chi connectivity index (χ4v) is 3.69. The molecule has 0 radical (unpaired) electrons. The molecule has 0 bridgehead atoms. The first-order valence-electron chi connectivity index (χ1n) is 7.69. The van der Waals surface area contributed by atoms with Gasteiger partial charge in [0.2, 0.25) is 5.13 Å². The van der Waals surface area contributed by atoms with Crippen LogP contribution >= 0.6 is 11.3 Å². The third-order valence-corrected chi connectivity index (χ3v) is 4.89. The number of carbonyl (C=O) groups is 1. The maximum Gasteiger partial charge on any atom is 0.325 e. The van der Waals surface area contributed by atoms with Crippen LogP contribution in [0.1, 0.15) is 48.6 Å². The van der Waals surface area contributed by atoms with E-state index in [9.17, 15) is 4.79 Å². The highest BCUT2D eigenvalue weighted by Crippen LogP contribution is 2.35. The van der Waals surface area contributed by atoms with Crippen molar-refractivity contribution in [3.8, 4) is 0 Å². The van der Waals surface area contributed by atoms with Gasteiger partial charge in [-0.2, -0.15) is 0 Å². The lowest BCUT2D eigenvalue weighted by molar-refractivity contribution is 0.262. The summed E-state index contributed by atoms with van der Waals surface area (Å²) in [4.78, 5) is 12.0. The van der Waals surface area contributed by atoms with E-state index in [1.807, 2.05) is 31.2 Å². The van der Waals surface area contributed by atoms with Crippen LogP contribution < -0.4 is 10.6 Å². The molecule has 0 unspecified atom stereocenters. The van der Waals surface area contributed by atoms with Gasteiger partial charge in [-0.3, -0.25) is 5.32 Å². The maximum absolute atomic E-state index is 12.0. The van der Waals surface area contributed by atoms with Gasteiger partial charge in [-0.25, -0.2) is 4.79 Å². The van der Waals surface area contributed by atoms with Crippen LogP contribution in [0.15, 0.2) is 24.3 Å². The van der Waals surface area contributed by atoms with Crippen molar-refractivity contribution in [1.82, 2.24) is 10.2 Å². The number of nitrogens with one attached hydrogen (secondary N) is 2. The molecule has 0 saturated heterocycles. The van der Waals surface area contributed by atoms with Crippen molar-refractivity contribution in [1.29, 1.82) is 0 Å². The van der Waals surface area contributed by atoms with Crippen LogP contribution in [0.2, 0.25) is 0 Å². The Morgan fingerprint density at radius 3 is 2.77 bits per heavy atom. The zero-order valence-corrected chi connectivity index (χ0v) is 13.4. The molecule has 22 heavy (non-hydrogen) atoms. The lowest BCUT2D eigenvalue weighted by Crippen LogP contribution is -2.19. The van der Waals surface area contributed by atoms with E-state index in [1.165, 1.54) is 43.4 Å². The number of rotatable bonds is 3. The number of aryl methyl sites for hydroxylation is 1. The minimum atomic E-state index is -0.281. The molecule has 2 N–H and O–H groups in total. The summed E-state index contributed by atoms with van der Waals surface area (Å²) in [6.45, 7) is 1.99. The largest absolute Gasteiger partial charge is 0.325 e. The summed E-state index contributed by atoms with van der Waals surface area (Å²) >= 11 is 1.49. The van der Waals surface area contributed by atoms with E-state index in [0.29, 0.717) is 11.0 Å². The summed E-state index contributed by atoms with van der Waals surface area (Å²) in [5.41, 5.74) is 1.88. The summed E-state index contributed by atoms with van der Waals surface area (Å²) in [7, 11) is 0. The highest BCUT2D eigenvalue weighted by molar-refractivity contribution is 7.15. The highest BCUT2D eigenvalue weighted by atomic mass is 32.1. The van der Waals surface area contributed by atoms with Gasteiger partial charge in [0, 0.05) is 11.6 Å². The van der Waals surface area contributed by atoms with Crippen molar-refractivity contribution in [2.75, 3.05) is 10.6 Å². The van der Waals surface area contributed by atoms with Crippen LogP contribution in [0.5, 0.6) is 0 Å². The van der Waals surface area contributed by atoms with E-state index in [-0.39, 0.29) is 6.03 Å². The number of amides is 2. The molecule has 0 atom stereocenters. The van der Waals surface area contributed by atoms with Crippen molar-refractivity contribution < 1.29 is 4.79 Å². The maximum atomic E-state index is 12.0. The Kier molecular flexibility index (Phi) is 4.68. The summed E-state index contributed by atoms with van der Waals surface area (Å²) in [6.07, 6.45) is 6.22. The lowest BCUT2D eigenvalue weighted by atomic mass is 9.90. The molecule has 2 amide bonds. The van der Waals surface area contributed by atoms with Crippen molar-refractivity contribution in [3.05, 3.63) is 34.8 Å². The number of carbonyl (C=O) groups excluding carboxylic acids is 1. The second-order valence-electron chi connectivity index (χ2n) is 5.73. The normalized spacial score (nSPS) is 15.5. The van der Waals surface area contributed by atoms with Gasteiger partial charge < -0.3 is 5.32 Å². The van der Waals surface area contributed by atoms with Crippen molar-refractivity contribution >= 4 is 28.2 Å². The van der Waals surface area contributed by atoms with Crippen molar-refractivity contribution in [3.63, 3.8) is 0 Å². The molecular weight excluding hydrogens is 296 g/mol. The zero-order valence-electron chi connectivity index (χ0n) is 12.6. The number of nitrogens with zero attached hydrogens (tertiary/aromatic N) is 2. The van der Waals surface area contributed by atoms with Gasteiger partial charge in [0.15, 0.2) is 0 Å². The second-order valence-corrected chi connectivity index (χ2v) is 6.74. The van der Waals surface area contributed by atoms with Gasteiger partial charge in [-0.05, 0) is 37.5 Å². The lowest BCUT2D eigenvalue weighted by Gasteiger charge is -2.18. The molecular formula is C16H20N4OS. The van der Waals surface area contributed by atoms with Gasteiger partial charge in [0.25, 0.3) is 0 Å². The summed E-state index contributed by atoms with van der Waals surface area (Å²) in [5, 5.41) is 15.5. The SMILES string of the molecule is Cc1cccc(NC(=O)Nc2nnc(C3CCCCC3)s2)c1. The minimum Gasteiger partial charge on any atom is -0.308 e. The highest BCUT2D eigenvalue weighted by Gasteiger charge is 2.20. The number of hydrogen-bond donors (Lipinski definition) is 2. The molecule has 1 heterocycles. The Morgan fingerprint density at radius 2 is 2.00 bits per heavy atom. The average molecular weight is 316 g/mol. The Labute approximate surface area is 134 Å². The monoisotopic (exact) mass is 316 g/mol. The van der Waals surface area contributed by atoms with Crippen LogP contribution in [0.3, 0.4) is 0 Å². The predicted octanol–water partition coefficient (Wildman–Crippen LogP) is 4.54. The fraction of sp³-hybridized carbons (Fsp3) is 0.438. The van der Waals surface area contributed by atoms with E-state index < -0.39 is 0 Å². The van der Waals surface area contributed by atoms with E-state index in [1.54, 1.807) is 0 Å². The average Bonchev–Trinajstić information content (AvgIpc) is 2.96. The molecule has 1 fully saturated rings. The van der Waals surface area contributed by atoms with E-state index in [0.717, 1.165) is 16.3 Å². The molecule has 6 heteroatoms. The topological polar surface area (TPSA) is 66.9 Å². The minimum absolute atomic E-state index is 0.281. The third kappa shape index (κ3) is 3.82. The van der Waals surface area contributed by atoms with E-state index in [2.05, 4.69) is 20.8 Å². The Bertz CT molecular complexity index is 649. The number of urea groups is 1. The standard InChI is InChI=1S/C16H20N4OS/c1-11-6-5-9-13(10-11)17-15(21)18-16-20-19-14(22-16)12-7-3-2-4-8-12/h5-6,9-10,12H,2-4,7-8H2,1H3,(H2,17,18,20,21). The Hall–Kier alpha value is -1.95. The molecule has 3 rings (SSSR count). The van der Waals surface area contributed by atoms with Crippen LogP contribution in [0, 0.1) is 6.92 Å². The van der Waals surface area contributed by atoms with Gasteiger partial charge >= 0.3 is 6.03 Å². The molecule has 1 aromatic carbocycles. The third-order valence-electron chi connectivity index (χ3n) is 3.89. The molecule has 1 aliphatic rings. The number of benzene rings is 1. The van der Waals surface area contributed by atoms with Gasteiger partial charge in [0.1, 0.15) is 5.01 Å². The molecule has 1 aliphatic carbocycles. The van der Waals surface area contributed by atoms with Crippen molar-refractivity contribution in [2.24, 2.45) is 0 Å². The fourth-order valence-electron chi connectivity index (χ4n) is 2.78. The predicted molar refractivity (Wildman–Crippen MR) is 89.6 cm³/mol. The summed E-state index contributed by atoms with van der Waals surface area (Å²) in [5.74, 6) is 0.515. The first-order valence-corrected chi connectivity index (χ1v) is 8.50. The second kappa shape index (κ2) is 6.87. The molecule has 0 aliphatic heterocycles. The van der Waals surface area contributed by atoms with E-state index in [4.69, 9.17) is 0 Å². The zero-order chi connectivity index (χ0) is 15.4. The molecule has 0 spiro atoms. The summed E-state index contributed by atoms with van der Waals surface area (Å²) in [6, 6.07) is 7.41. The smallest absolute Gasteiger partial charge is 0.308 e. The number of aromatic nitrogens is 2. The molecule has 116 valence electrons. The van der Waals surface area contributed by atoms with Crippen LogP contribution in [0.4, 0.5) is 15.6 Å². The van der Waals surface area contributed by atoms with Crippen LogP contribution in [-0.2, 0) is 0 Å². The van der Waals surface area contributed by atoms with Gasteiger partial charge in [-0.15, -0.1) is 10.2 Å². The number of anilines is 2. The first kappa shape index (κ1) is 15.0. The molecule has 2 aromatic rings. The first-order chi connectivity index (χ1) is 10.7. The van der Waals surface area contributed by atoms with Crippen LogP contribution in [-0.4, -0.2) is 16.2 Å². The number of hydrogen-bond acceptors (Lipinski definition) is 4. The quantitative estimate of drug-likeness (QED) is 0.873. The molecule has 5 nitrogen and oxygen atoms in total. The van der Waals surface area contributed by atoms with E-state index >= 15 is 0 Å². The molecule has 1 aromatic heterocycles. The Morgan fingerprint density at radius 1 is 1.18 bits per heavy atom. The van der Waals surface area contributed by atoms with Gasteiger partial charge in [-0.1, -0.05) is 42.7 Å². The van der Waals surface area contributed by atoms with Gasteiger partial charge in [0.05, 0.1) is 0 Å².